The third-order valence-electron chi connectivity index (χ3n) is 5.18. The average Bonchev–Trinajstić information content (AvgIpc) is 2.56. The fourth-order valence-electron chi connectivity index (χ4n) is 3.51. The van der Waals surface area contributed by atoms with E-state index in [1.807, 2.05) is 24.3 Å². The summed E-state index contributed by atoms with van der Waals surface area (Å²) in [5, 5.41) is 26.0. The number of hydrogen-bond donors (Lipinski definition) is 2. The minimum Gasteiger partial charge on any atom is -0.388 e. The fourth-order valence-corrected chi connectivity index (χ4v) is 3.51. The molecule has 0 fully saturated rings. The van der Waals surface area contributed by atoms with Crippen LogP contribution < -0.4 is 0 Å². The van der Waals surface area contributed by atoms with Crippen molar-refractivity contribution in [1.29, 1.82) is 0 Å². The normalized spacial score (nSPS) is 15.4. The molecule has 2 heteroatoms. The molecule has 0 bridgehead atoms. The highest BCUT2D eigenvalue weighted by Crippen LogP contribution is 2.40. The van der Waals surface area contributed by atoms with E-state index in [-0.39, 0.29) is 10.8 Å². The summed E-state index contributed by atoms with van der Waals surface area (Å²) >= 11 is 0. The zero-order chi connectivity index (χ0) is 19.3. The molecule has 0 saturated carbocycles. The molecule has 0 aromatic heterocycles. The molecule has 3 rings (SSSR count). The smallest absolute Gasteiger partial charge is 0.0844 e. The molecule has 0 aliphatic rings. The Morgan fingerprint density at radius 2 is 0.962 bits per heavy atom. The van der Waals surface area contributed by atoms with Crippen LogP contribution in [0.3, 0.4) is 0 Å². The van der Waals surface area contributed by atoms with Crippen LogP contribution in [-0.4, -0.2) is 10.2 Å². The number of rotatable bonds is 2. The van der Waals surface area contributed by atoms with E-state index in [2.05, 4.69) is 65.8 Å². The molecule has 2 nitrogen and oxygen atoms in total. The second-order valence-electron chi connectivity index (χ2n) is 9.53. The summed E-state index contributed by atoms with van der Waals surface area (Å²) in [4.78, 5) is 0. The molecule has 2 atom stereocenters. The van der Waals surface area contributed by atoms with Gasteiger partial charge in [-0.2, -0.15) is 0 Å². The van der Waals surface area contributed by atoms with Crippen LogP contribution in [0.5, 0.6) is 0 Å². The van der Waals surface area contributed by atoms with Crippen molar-refractivity contribution >= 4 is 21.5 Å². The van der Waals surface area contributed by atoms with E-state index in [9.17, 15) is 10.2 Å². The molecule has 0 aliphatic heterocycles. The third kappa shape index (κ3) is 3.36. The Kier molecular flexibility index (Phi) is 4.62. The predicted octanol–water partition coefficient (Wildman–Crippen LogP) is 6.15. The largest absolute Gasteiger partial charge is 0.388 e. The molecule has 0 spiro atoms. The lowest BCUT2D eigenvalue weighted by Gasteiger charge is -2.28. The van der Waals surface area contributed by atoms with E-state index in [1.165, 1.54) is 0 Å². The van der Waals surface area contributed by atoms with Gasteiger partial charge in [-0.25, -0.2) is 0 Å². The minimum absolute atomic E-state index is 0.229. The lowest BCUT2D eigenvalue weighted by molar-refractivity contribution is 0.0638. The first-order valence-electron chi connectivity index (χ1n) is 9.31. The Labute approximate surface area is 156 Å². The zero-order valence-electron chi connectivity index (χ0n) is 16.7. The van der Waals surface area contributed by atoms with Crippen LogP contribution in [0.1, 0.15) is 64.9 Å². The Bertz CT molecular complexity index is 862. The fraction of sp³-hybridized carbons (Fsp3) is 0.417. The second kappa shape index (κ2) is 6.37. The van der Waals surface area contributed by atoms with Crippen molar-refractivity contribution in [2.75, 3.05) is 0 Å². The summed E-state index contributed by atoms with van der Waals surface area (Å²) < 4.78 is 0. The van der Waals surface area contributed by atoms with Crippen molar-refractivity contribution < 1.29 is 10.2 Å². The van der Waals surface area contributed by atoms with Crippen LogP contribution in [0.2, 0.25) is 0 Å². The van der Waals surface area contributed by atoms with Crippen LogP contribution >= 0.6 is 0 Å². The summed E-state index contributed by atoms with van der Waals surface area (Å²) in [5.41, 5.74) is 1.46. The summed E-state index contributed by atoms with van der Waals surface area (Å²) in [6.45, 7) is 12.3. The van der Waals surface area contributed by atoms with Gasteiger partial charge in [0, 0.05) is 0 Å². The van der Waals surface area contributed by atoms with E-state index in [0.29, 0.717) is 0 Å². The van der Waals surface area contributed by atoms with Gasteiger partial charge in [0.15, 0.2) is 0 Å². The number of fused-ring (bicyclic) bond motifs is 2. The van der Waals surface area contributed by atoms with Gasteiger partial charge in [0.25, 0.3) is 0 Å². The summed E-state index contributed by atoms with van der Waals surface area (Å²) in [7, 11) is 0. The molecule has 2 N–H and O–H groups in total. The third-order valence-corrected chi connectivity index (χ3v) is 5.18. The molecule has 138 valence electrons. The quantitative estimate of drug-likeness (QED) is 0.544. The molecule has 0 aliphatic carbocycles. The first-order chi connectivity index (χ1) is 12.0. The van der Waals surface area contributed by atoms with Crippen molar-refractivity contribution in [1.82, 2.24) is 0 Å². The minimum atomic E-state index is -0.535. The molecule has 0 heterocycles. The number of aliphatic hydroxyl groups excluding tert-OH is 2. The maximum Gasteiger partial charge on any atom is 0.0844 e. The Morgan fingerprint density at radius 1 is 0.615 bits per heavy atom. The van der Waals surface area contributed by atoms with Crippen molar-refractivity contribution in [3.8, 4) is 0 Å². The van der Waals surface area contributed by atoms with Crippen molar-refractivity contribution in [3.63, 3.8) is 0 Å². The lowest BCUT2D eigenvalue weighted by Crippen LogP contribution is -2.18. The molecular formula is C24H30O2. The van der Waals surface area contributed by atoms with Gasteiger partial charge in [-0.3, -0.25) is 0 Å². The Morgan fingerprint density at radius 3 is 1.27 bits per heavy atom. The van der Waals surface area contributed by atoms with Crippen LogP contribution in [0.4, 0.5) is 0 Å². The highest BCUT2D eigenvalue weighted by Gasteiger charge is 2.27. The van der Waals surface area contributed by atoms with Crippen molar-refractivity contribution in [3.05, 3.63) is 59.7 Å². The van der Waals surface area contributed by atoms with Crippen LogP contribution in [-0.2, 0) is 0 Å². The second-order valence-corrected chi connectivity index (χ2v) is 9.53. The van der Waals surface area contributed by atoms with Gasteiger partial charge in [0.05, 0.1) is 12.2 Å². The SMILES string of the molecule is CC(C)(C)C(O)c1cccc2cc3c(C(O)C(C)(C)C)cccc3cc12. The van der Waals surface area contributed by atoms with E-state index in [4.69, 9.17) is 0 Å². The molecule has 2 unspecified atom stereocenters. The molecule has 0 saturated heterocycles. The van der Waals surface area contributed by atoms with E-state index in [1.54, 1.807) is 0 Å². The van der Waals surface area contributed by atoms with Gasteiger partial charge in [-0.15, -0.1) is 0 Å². The van der Waals surface area contributed by atoms with Crippen LogP contribution in [0, 0.1) is 10.8 Å². The standard InChI is InChI=1S/C24H30O2/c1-23(2,3)21(25)17-11-7-9-15-14-20-16(13-19(15)17)10-8-12-18(20)22(26)24(4,5)6/h7-14,21-22,25-26H,1-6H3. The monoisotopic (exact) mass is 350 g/mol. The van der Waals surface area contributed by atoms with Gasteiger partial charge in [-0.1, -0.05) is 77.9 Å². The maximum absolute atomic E-state index is 10.8. The predicted molar refractivity (Wildman–Crippen MR) is 110 cm³/mol. The van der Waals surface area contributed by atoms with Gasteiger partial charge in [-0.05, 0) is 55.6 Å². The highest BCUT2D eigenvalue weighted by atomic mass is 16.3. The van der Waals surface area contributed by atoms with Crippen molar-refractivity contribution in [2.45, 2.75) is 53.8 Å². The van der Waals surface area contributed by atoms with Crippen molar-refractivity contribution in [2.24, 2.45) is 10.8 Å². The molecule has 26 heavy (non-hydrogen) atoms. The van der Waals surface area contributed by atoms with Gasteiger partial charge in [0.1, 0.15) is 0 Å². The number of benzene rings is 3. The van der Waals surface area contributed by atoms with Gasteiger partial charge >= 0.3 is 0 Å². The van der Waals surface area contributed by atoms with Gasteiger partial charge < -0.3 is 10.2 Å². The topological polar surface area (TPSA) is 40.5 Å². The van der Waals surface area contributed by atoms with E-state index < -0.39 is 12.2 Å². The Hall–Kier alpha value is -1.90. The summed E-state index contributed by atoms with van der Waals surface area (Å²) in [6.07, 6.45) is -1.07. The maximum atomic E-state index is 10.8. The zero-order valence-corrected chi connectivity index (χ0v) is 16.7. The van der Waals surface area contributed by atoms with Crippen LogP contribution in [0.15, 0.2) is 48.5 Å². The first-order valence-corrected chi connectivity index (χ1v) is 9.31. The van der Waals surface area contributed by atoms with Crippen LogP contribution in [0.25, 0.3) is 21.5 Å². The first kappa shape index (κ1) is 18.9. The van der Waals surface area contributed by atoms with E-state index in [0.717, 1.165) is 32.7 Å². The molecule has 3 aromatic rings. The highest BCUT2D eigenvalue weighted by molar-refractivity contribution is 6.01. The molecule has 3 aromatic carbocycles. The lowest BCUT2D eigenvalue weighted by atomic mass is 9.81. The Balaban J connectivity index is 2.27. The van der Waals surface area contributed by atoms with Gasteiger partial charge in [0.2, 0.25) is 0 Å². The molecular weight excluding hydrogens is 320 g/mol. The summed E-state index contributed by atoms with van der Waals surface area (Å²) in [6, 6.07) is 16.5. The molecule has 0 amide bonds. The average molecular weight is 351 g/mol. The van der Waals surface area contributed by atoms with E-state index >= 15 is 0 Å². The number of hydrogen-bond acceptors (Lipinski definition) is 2. The summed E-state index contributed by atoms with van der Waals surface area (Å²) in [5.74, 6) is 0. The number of aliphatic hydroxyl groups is 2. The molecule has 0 radical (unpaired) electrons.